The average molecular weight is 757 g/mol. The van der Waals surface area contributed by atoms with Crippen LogP contribution in [0.15, 0.2) is 0 Å². The molecule has 2 atom stereocenters. The van der Waals surface area contributed by atoms with Crippen molar-refractivity contribution in [1.29, 1.82) is 0 Å². The van der Waals surface area contributed by atoms with E-state index in [9.17, 15) is 19.8 Å². The molecule has 0 saturated carbocycles. The van der Waals surface area contributed by atoms with Gasteiger partial charge in [0.05, 0.1) is 34.4 Å². The van der Waals surface area contributed by atoms with E-state index in [1.807, 2.05) is 21.1 Å². The van der Waals surface area contributed by atoms with Gasteiger partial charge in [-0.2, -0.15) is 0 Å². The minimum Gasteiger partial charge on any atom is -0.477 e. The summed E-state index contributed by atoms with van der Waals surface area (Å²) in [5.74, 6) is -1.60. The summed E-state index contributed by atoms with van der Waals surface area (Å²) in [4.78, 5) is 23.3. The van der Waals surface area contributed by atoms with E-state index in [0.717, 1.165) is 19.3 Å². The number of likely N-dealkylation sites (N-methyl/N-ethyl adjacent to an activating group) is 1. The molecule has 316 valence electrons. The number of aliphatic hydroxyl groups excluding tert-OH is 1. The fourth-order valence-corrected chi connectivity index (χ4v) is 6.78. The van der Waals surface area contributed by atoms with E-state index in [4.69, 9.17) is 14.2 Å². The first kappa shape index (κ1) is 51.8. The summed E-state index contributed by atoms with van der Waals surface area (Å²) in [5, 5.41) is 19.3. The lowest BCUT2D eigenvalue weighted by atomic mass is 10.0. The van der Waals surface area contributed by atoms with Crippen molar-refractivity contribution in [2.45, 2.75) is 231 Å². The SMILES string of the molecule is CCCCCCCCCCCCCCCCCCCCCCCCCCCCCCCCCCC(=O)OCC(O)COC(OCC[N+](C)(C)C)C(=O)O. The third-order valence-electron chi connectivity index (χ3n) is 10.3. The molecule has 0 radical (unpaired) electrons. The van der Waals surface area contributed by atoms with E-state index in [0.29, 0.717) is 17.4 Å². The highest BCUT2D eigenvalue weighted by molar-refractivity contribution is 5.70. The standard InChI is InChI=1S/C45H89NO7/c1-5-6-7-8-9-10-11-12-13-14-15-16-17-18-19-20-21-22-23-24-25-26-27-28-29-30-31-32-33-34-35-36-37-43(48)52-40-42(47)41-53-45(44(49)50)51-39-38-46(2,3)4/h42,45,47H,5-41H2,1-4H3/p+1. The number of unbranched alkanes of at least 4 members (excludes halogenated alkanes) is 31. The molecule has 0 aromatic rings. The maximum absolute atomic E-state index is 12.0. The Morgan fingerprint density at radius 1 is 0.491 bits per heavy atom. The van der Waals surface area contributed by atoms with Crippen molar-refractivity contribution in [2.75, 3.05) is 47.5 Å². The summed E-state index contributed by atoms with van der Waals surface area (Å²) in [6.07, 6.45) is 41.8. The molecule has 8 nitrogen and oxygen atoms in total. The number of carboxylic acid groups (broad SMARTS) is 1. The van der Waals surface area contributed by atoms with Gasteiger partial charge in [-0.1, -0.05) is 206 Å². The second-order valence-corrected chi connectivity index (χ2v) is 16.9. The molecule has 0 aliphatic carbocycles. The topological polar surface area (TPSA) is 102 Å². The van der Waals surface area contributed by atoms with Gasteiger partial charge in [-0.15, -0.1) is 0 Å². The smallest absolute Gasteiger partial charge is 0.361 e. The number of hydrogen-bond acceptors (Lipinski definition) is 6. The van der Waals surface area contributed by atoms with Crippen LogP contribution >= 0.6 is 0 Å². The first-order valence-corrected chi connectivity index (χ1v) is 22.8. The molecular formula is C45H90NO7+. The van der Waals surface area contributed by atoms with Crippen LogP contribution in [0, 0.1) is 0 Å². The number of hydrogen-bond donors (Lipinski definition) is 2. The molecule has 2 N–H and O–H groups in total. The van der Waals surface area contributed by atoms with E-state index in [2.05, 4.69) is 6.92 Å². The van der Waals surface area contributed by atoms with Crippen molar-refractivity contribution < 1.29 is 38.5 Å². The van der Waals surface area contributed by atoms with Gasteiger partial charge in [0.25, 0.3) is 6.29 Å². The molecule has 0 aromatic carbocycles. The number of carbonyl (C=O) groups is 2. The van der Waals surface area contributed by atoms with Gasteiger partial charge < -0.3 is 28.9 Å². The van der Waals surface area contributed by atoms with Crippen LogP contribution in [-0.4, -0.2) is 86.5 Å². The Labute approximate surface area is 328 Å². The molecule has 0 spiro atoms. The van der Waals surface area contributed by atoms with Gasteiger partial charge in [0.2, 0.25) is 0 Å². The van der Waals surface area contributed by atoms with Crippen molar-refractivity contribution in [2.24, 2.45) is 0 Å². The van der Waals surface area contributed by atoms with E-state index < -0.39 is 18.4 Å². The highest BCUT2D eigenvalue weighted by atomic mass is 16.7. The van der Waals surface area contributed by atoms with Gasteiger partial charge in [-0.05, 0) is 6.42 Å². The van der Waals surface area contributed by atoms with Crippen LogP contribution in [0.2, 0.25) is 0 Å². The Morgan fingerprint density at radius 3 is 1.11 bits per heavy atom. The second kappa shape index (κ2) is 39.0. The number of ether oxygens (including phenoxy) is 3. The number of rotatable bonds is 43. The molecule has 0 aliphatic rings. The van der Waals surface area contributed by atoms with Crippen molar-refractivity contribution in [3.05, 3.63) is 0 Å². The summed E-state index contributed by atoms with van der Waals surface area (Å²) in [5.41, 5.74) is 0. The quantitative estimate of drug-likeness (QED) is 0.0276. The highest BCUT2D eigenvalue weighted by Crippen LogP contribution is 2.17. The maximum atomic E-state index is 12.0. The van der Waals surface area contributed by atoms with Crippen LogP contribution in [0.25, 0.3) is 0 Å². The largest absolute Gasteiger partial charge is 0.477 e. The molecule has 0 aliphatic heterocycles. The molecule has 53 heavy (non-hydrogen) atoms. The lowest BCUT2D eigenvalue weighted by Gasteiger charge is -2.24. The van der Waals surface area contributed by atoms with Crippen LogP contribution in [0.4, 0.5) is 0 Å². The normalized spacial score (nSPS) is 13.0. The van der Waals surface area contributed by atoms with E-state index in [1.54, 1.807) is 0 Å². The zero-order chi connectivity index (χ0) is 39.1. The zero-order valence-corrected chi connectivity index (χ0v) is 35.7. The summed E-state index contributed by atoms with van der Waals surface area (Å²) in [6.45, 7) is 2.63. The van der Waals surface area contributed by atoms with Crippen molar-refractivity contribution >= 4 is 11.9 Å². The van der Waals surface area contributed by atoms with Gasteiger partial charge in [0.15, 0.2) is 0 Å². The van der Waals surface area contributed by atoms with Crippen LogP contribution < -0.4 is 0 Å². The maximum Gasteiger partial charge on any atom is 0.361 e. The molecule has 0 bridgehead atoms. The predicted molar refractivity (Wildman–Crippen MR) is 221 cm³/mol. The fraction of sp³-hybridized carbons (Fsp3) is 0.956. The van der Waals surface area contributed by atoms with E-state index in [1.165, 1.54) is 186 Å². The lowest BCUT2D eigenvalue weighted by molar-refractivity contribution is -0.870. The number of aliphatic hydroxyl groups is 1. The molecule has 0 saturated heterocycles. The highest BCUT2D eigenvalue weighted by Gasteiger charge is 2.22. The summed E-state index contributed by atoms with van der Waals surface area (Å²) in [7, 11) is 5.93. The Hall–Kier alpha value is -1.22. The molecule has 0 amide bonds. The Balaban J connectivity index is 3.33. The van der Waals surface area contributed by atoms with E-state index in [-0.39, 0.29) is 25.8 Å². The van der Waals surface area contributed by atoms with Gasteiger partial charge >= 0.3 is 11.9 Å². The monoisotopic (exact) mass is 757 g/mol. The van der Waals surface area contributed by atoms with Crippen molar-refractivity contribution in [3.8, 4) is 0 Å². The molecule has 0 heterocycles. The molecule has 8 heteroatoms. The minimum atomic E-state index is -1.46. The van der Waals surface area contributed by atoms with Crippen molar-refractivity contribution in [3.63, 3.8) is 0 Å². The number of carbonyl (C=O) groups excluding carboxylic acids is 1. The minimum absolute atomic E-state index is 0.214. The van der Waals surface area contributed by atoms with Gasteiger partial charge in [-0.25, -0.2) is 4.79 Å². The number of quaternary nitrogens is 1. The van der Waals surface area contributed by atoms with Crippen LogP contribution in [0.5, 0.6) is 0 Å². The Kier molecular flexibility index (Phi) is 38.1. The van der Waals surface area contributed by atoms with Gasteiger partial charge in [0.1, 0.15) is 19.3 Å². The lowest BCUT2D eigenvalue weighted by Crippen LogP contribution is -2.40. The van der Waals surface area contributed by atoms with Crippen LogP contribution in [0.1, 0.15) is 219 Å². The van der Waals surface area contributed by atoms with Crippen LogP contribution in [-0.2, 0) is 23.8 Å². The number of aliphatic carboxylic acids is 1. The predicted octanol–water partition coefficient (Wildman–Crippen LogP) is 11.9. The van der Waals surface area contributed by atoms with E-state index >= 15 is 0 Å². The molecule has 0 aromatic heterocycles. The average Bonchev–Trinajstić information content (AvgIpc) is 3.12. The molecule has 2 unspecified atom stereocenters. The molecular weight excluding hydrogens is 666 g/mol. The summed E-state index contributed by atoms with van der Waals surface area (Å²) in [6, 6.07) is 0. The number of nitrogens with zero attached hydrogens (tertiary/aromatic N) is 1. The van der Waals surface area contributed by atoms with Crippen LogP contribution in [0.3, 0.4) is 0 Å². The number of carboxylic acids is 1. The zero-order valence-electron chi connectivity index (χ0n) is 35.7. The Morgan fingerprint density at radius 2 is 0.811 bits per heavy atom. The van der Waals surface area contributed by atoms with Gasteiger partial charge in [0, 0.05) is 6.42 Å². The first-order chi connectivity index (χ1) is 25.7. The van der Waals surface area contributed by atoms with Gasteiger partial charge in [-0.3, -0.25) is 4.79 Å². The summed E-state index contributed by atoms with van der Waals surface area (Å²) < 4.78 is 16.2. The fourth-order valence-electron chi connectivity index (χ4n) is 6.78. The van der Waals surface area contributed by atoms with Crippen molar-refractivity contribution in [1.82, 2.24) is 0 Å². The second-order valence-electron chi connectivity index (χ2n) is 16.9. The molecule has 0 fully saturated rings. The number of esters is 1. The molecule has 0 rings (SSSR count). The third kappa shape index (κ3) is 41.8. The summed E-state index contributed by atoms with van der Waals surface area (Å²) >= 11 is 0. The Bertz CT molecular complexity index is 787. The third-order valence-corrected chi connectivity index (χ3v) is 10.3. The first-order valence-electron chi connectivity index (χ1n) is 22.8.